The van der Waals surface area contributed by atoms with Gasteiger partial charge in [0, 0.05) is 15.8 Å². The van der Waals surface area contributed by atoms with Crippen LogP contribution in [0.15, 0.2) is 45.8 Å². The molecule has 0 fully saturated rings. The lowest BCUT2D eigenvalue weighted by Crippen LogP contribution is -2.15. The Morgan fingerprint density at radius 2 is 1.90 bits per heavy atom. The molecule has 0 saturated heterocycles. The SMILES string of the molecule is CCc1ccc(N)cc1S(=O)(=O)Nc1ccc(Br)c(C)c1. The van der Waals surface area contributed by atoms with Gasteiger partial charge in [0.05, 0.1) is 4.90 Å². The van der Waals surface area contributed by atoms with Gasteiger partial charge >= 0.3 is 0 Å². The van der Waals surface area contributed by atoms with Gasteiger partial charge in [-0.05, 0) is 54.8 Å². The van der Waals surface area contributed by atoms with Crippen molar-refractivity contribution >= 4 is 37.3 Å². The number of halogens is 1. The molecule has 0 heterocycles. The molecule has 0 atom stereocenters. The molecule has 112 valence electrons. The van der Waals surface area contributed by atoms with Crippen LogP contribution in [0.3, 0.4) is 0 Å². The van der Waals surface area contributed by atoms with E-state index in [0.717, 1.165) is 15.6 Å². The first-order chi connectivity index (χ1) is 9.83. The highest BCUT2D eigenvalue weighted by Gasteiger charge is 2.18. The van der Waals surface area contributed by atoms with Crippen LogP contribution in [0.25, 0.3) is 0 Å². The Labute approximate surface area is 133 Å². The van der Waals surface area contributed by atoms with Crippen LogP contribution in [0.4, 0.5) is 11.4 Å². The minimum atomic E-state index is -3.65. The summed E-state index contributed by atoms with van der Waals surface area (Å²) in [5.41, 5.74) is 8.37. The Bertz CT molecular complexity index is 773. The zero-order valence-electron chi connectivity index (χ0n) is 11.9. The molecule has 2 rings (SSSR count). The number of anilines is 2. The Morgan fingerprint density at radius 3 is 2.52 bits per heavy atom. The molecule has 0 aromatic heterocycles. The van der Waals surface area contributed by atoms with Gasteiger partial charge in [0.2, 0.25) is 0 Å². The van der Waals surface area contributed by atoms with E-state index in [1.54, 1.807) is 24.3 Å². The molecule has 3 N–H and O–H groups in total. The van der Waals surface area contributed by atoms with Gasteiger partial charge in [0.25, 0.3) is 10.0 Å². The van der Waals surface area contributed by atoms with Crippen LogP contribution in [0, 0.1) is 6.92 Å². The van der Waals surface area contributed by atoms with Gasteiger partial charge in [-0.2, -0.15) is 0 Å². The number of rotatable bonds is 4. The summed E-state index contributed by atoms with van der Waals surface area (Å²) in [5.74, 6) is 0. The smallest absolute Gasteiger partial charge is 0.262 e. The highest BCUT2D eigenvalue weighted by Crippen LogP contribution is 2.25. The van der Waals surface area contributed by atoms with Crippen molar-refractivity contribution in [2.45, 2.75) is 25.2 Å². The van der Waals surface area contributed by atoms with E-state index >= 15 is 0 Å². The number of hydrogen-bond acceptors (Lipinski definition) is 3. The first-order valence-corrected chi connectivity index (χ1v) is 8.78. The normalized spacial score (nSPS) is 11.4. The van der Waals surface area contributed by atoms with Gasteiger partial charge in [-0.15, -0.1) is 0 Å². The van der Waals surface area contributed by atoms with E-state index in [1.807, 2.05) is 19.9 Å². The fraction of sp³-hybridized carbons (Fsp3) is 0.200. The summed E-state index contributed by atoms with van der Waals surface area (Å²) in [5, 5.41) is 0. The second kappa shape index (κ2) is 6.07. The molecular weight excluding hydrogens is 352 g/mol. The van der Waals surface area contributed by atoms with E-state index in [-0.39, 0.29) is 4.90 Å². The van der Waals surface area contributed by atoms with Crippen LogP contribution in [0.5, 0.6) is 0 Å². The predicted octanol–water partition coefficient (Wildman–Crippen LogP) is 3.70. The largest absolute Gasteiger partial charge is 0.399 e. The maximum absolute atomic E-state index is 12.6. The highest BCUT2D eigenvalue weighted by molar-refractivity contribution is 9.10. The molecule has 0 aliphatic rings. The number of aryl methyl sites for hydroxylation is 2. The zero-order chi connectivity index (χ0) is 15.6. The number of benzene rings is 2. The van der Waals surface area contributed by atoms with Crippen molar-refractivity contribution < 1.29 is 8.42 Å². The third-order valence-corrected chi connectivity index (χ3v) is 5.53. The molecular formula is C15H17BrN2O2S. The van der Waals surface area contributed by atoms with E-state index in [1.165, 1.54) is 6.07 Å². The van der Waals surface area contributed by atoms with Gasteiger partial charge < -0.3 is 5.73 Å². The van der Waals surface area contributed by atoms with E-state index in [9.17, 15) is 8.42 Å². The van der Waals surface area contributed by atoms with Crippen molar-refractivity contribution in [3.05, 3.63) is 52.0 Å². The minimum Gasteiger partial charge on any atom is -0.399 e. The Hall–Kier alpha value is -1.53. The quantitative estimate of drug-likeness (QED) is 0.808. The van der Waals surface area contributed by atoms with Gasteiger partial charge in [0.1, 0.15) is 0 Å². The second-order valence-corrected chi connectivity index (χ2v) is 7.30. The second-order valence-electron chi connectivity index (χ2n) is 4.79. The van der Waals surface area contributed by atoms with Crippen molar-refractivity contribution in [1.82, 2.24) is 0 Å². The van der Waals surface area contributed by atoms with Crippen LogP contribution in [0.2, 0.25) is 0 Å². The molecule has 0 aliphatic heterocycles. The van der Waals surface area contributed by atoms with Gasteiger partial charge in [-0.1, -0.05) is 28.9 Å². The molecule has 0 aliphatic carbocycles. The van der Waals surface area contributed by atoms with Gasteiger partial charge in [0.15, 0.2) is 0 Å². The first kappa shape index (κ1) is 15.9. The molecule has 6 heteroatoms. The minimum absolute atomic E-state index is 0.227. The van der Waals surface area contributed by atoms with Crippen molar-refractivity contribution in [1.29, 1.82) is 0 Å². The fourth-order valence-corrected chi connectivity index (χ4v) is 3.67. The van der Waals surface area contributed by atoms with Crippen molar-refractivity contribution in [3.8, 4) is 0 Å². The van der Waals surface area contributed by atoms with Crippen LogP contribution in [-0.4, -0.2) is 8.42 Å². The number of nitrogens with two attached hydrogens (primary N) is 1. The number of sulfonamides is 1. The van der Waals surface area contributed by atoms with E-state index in [4.69, 9.17) is 5.73 Å². The molecule has 2 aromatic carbocycles. The molecule has 0 bridgehead atoms. The summed E-state index contributed by atoms with van der Waals surface area (Å²) in [6.07, 6.45) is 0.621. The Kier molecular flexibility index (Phi) is 4.58. The molecule has 0 spiro atoms. The van der Waals surface area contributed by atoms with Crippen molar-refractivity contribution in [2.75, 3.05) is 10.5 Å². The van der Waals surface area contributed by atoms with Gasteiger partial charge in [-0.3, -0.25) is 4.72 Å². The Morgan fingerprint density at radius 1 is 1.19 bits per heavy atom. The van der Waals surface area contributed by atoms with E-state index < -0.39 is 10.0 Å². The molecule has 21 heavy (non-hydrogen) atoms. The molecule has 2 aromatic rings. The number of nitrogens with one attached hydrogen (secondary N) is 1. The van der Waals surface area contributed by atoms with E-state index in [0.29, 0.717) is 17.8 Å². The summed E-state index contributed by atoms with van der Waals surface area (Å²) in [6.45, 7) is 3.81. The maximum atomic E-state index is 12.6. The van der Waals surface area contributed by atoms with Crippen LogP contribution in [-0.2, 0) is 16.4 Å². The lowest BCUT2D eigenvalue weighted by molar-refractivity contribution is 0.600. The van der Waals surface area contributed by atoms with Crippen LogP contribution >= 0.6 is 15.9 Å². The predicted molar refractivity (Wildman–Crippen MR) is 89.9 cm³/mol. The highest BCUT2D eigenvalue weighted by atomic mass is 79.9. The van der Waals surface area contributed by atoms with Crippen molar-refractivity contribution in [3.63, 3.8) is 0 Å². The molecule has 0 saturated carbocycles. The summed E-state index contributed by atoms with van der Waals surface area (Å²) in [6, 6.07) is 10.3. The number of hydrogen-bond donors (Lipinski definition) is 2. The third kappa shape index (κ3) is 3.57. The molecule has 4 nitrogen and oxygen atoms in total. The topological polar surface area (TPSA) is 72.2 Å². The monoisotopic (exact) mass is 368 g/mol. The molecule has 0 amide bonds. The maximum Gasteiger partial charge on any atom is 0.262 e. The zero-order valence-corrected chi connectivity index (χ0v) is 14.3. The summed E-state index contributed by atoms with van der Waals surface area (Å²) < 4.78 is 28.6. The van der Waals surface area contributed by atoms with Crippen molar-refractivity contribution in [2.24, 2.45) is 0 Å². The summed E-state index contributed by atoms with van der Waals surface area (Å²) in [4.78, 5) is 0.227. The fourth-order valence-electron chi connectivity index (χ4n) is 2.03. The third-order valence-electron chi connectivity index (χ3n) is 3.17. The lowest BCUT2D eigenvalue weighted by atomic mass is 10.1. The average Bonchev–Trinajstić information content (AvgIpc) is 2.42. The molecule has 0 radical (unpaired) electrons. The first-order valence-electron chi connectivity index (χ1n) is 6.51. The standard InChI is InChI=1S/C15H17BrN2O2S/c1-3-11-4-5-12(17)9-15(11)21(19,20)18-13-6-7-14(16)10(2)8-13/h4-9,18H,3,17H2,1-2H3. The Balaban J connectivity index is 2.42. The number of nitrogen functional groups attached to an aromatic ring is 1. The van der Waals surface area contributed by atoms with Crippen LogP contribution < -0.4 is 10.5 Å². The average molecular weight is 369 g/mol. The lowest BCUT2D eigenvalue weighted by Gasteiger charge is -2.13. The molecule has 0 unspecified atom stereocenters. The van der Waals surface area contributed by atoms with Crippen LogP contribution in [0.1, 0.15) is 18.1 Å². The summed E-state index contributed by atoms with van der Waals surface area (Å²) >= 11 is 3.39. The van der Waals surface area contributed by atoms with Gasteiger partial charge in [-0.25, -0.2) is 8.42 Å². The van der Waals surface area contributed by atoms with E-state index in [2.05, 4.69) is 20.7 Å². The summed E-state index contributed by atoms with van der Waals surface area (Å²) in [7, 11) is -3.65.